The van der Waals surface area contributed by atoms with Crippen molar-refractivity contribution >= 4 is 21.8 Å². The van der Waals surface area contributed by atoms with Gasteiger partial charge in [-0.1, -0.05) is 46.6 Å². The number of nitrogens with one attached hydrogen (secondary N) is 2. The van der Waals surface area contributed by atoms with Gasteiger partial charge in [-0.05, 0) is 36.6 Å². The van der Waals surface area contributed by atoms with E-state index in [-0.39, 0.29) is 11.8 Å². The van der Waals surface area contributed by atoms with Crippen LogP contribution in [0.2, 0.25) is 0 Å². The van der Waals surface area contributed by atoms with Crippen LogP contribution in [0.4, 0.5) is 0 Å². The number of halogens is 1. The van der Waals surface area contributed by atoms with Crippen LogP contribution >= 0.6 is 15.9 Å². The number of hydrogen-bond donors (Lipinski definition) is 2. The topological polar surface area (TPSA) is 41.1 Å². The summed E-state index contributed by atoms with van der Waals surface area (Å²) < 4.78 is 1.07. The van der Waals surface area contributed by atoms with Crippen molar-refractivity contribution in [2.24, 2.45) is 0 Å². The molecule has 4 heteroatoms. The van der Waals surface area contributed by atoms with Gasteiger partial charge in [0.05, 0.1) is 0 Å². The summed E-state index contributed by atoms with van der Waals surface area (Å²) in [5.74, 6) is 0.366. The van der Waals surface area contributed by atoms with Crippen molar-refractivity contribution in [2.45, 2.75) is 25.7 Å². The summed E-state index contributed by atoms with van der Waals surface area (Å²) in [7, 11) is 0. The average molecular weight is 337 g/mol. The number of hydrogen-bond acceptors (Lipinski definition) is 2. The summed E-state index contributed by atoms with van der Waals surface area (Å²) in [4.78, 5) is 12.0. The van der Waals surface area contributed by atoms with Crippen molar-refractivity contribution in [2.75, 3.05) is 19.6 Å². The molecule has 1 amide bonds. The van der Waals surface area contributed by atoms with Gasteiger partial charge in [0.1, 0.15) is 0 Å². The molecule has 108 valence electrons. The van der Waals surface area contributed by atoms with E-state index in [9.17, 15) is 4.79 Å². The van der Waals surface area contributed by atoms with E-state index in [4.69, 9.17) is 0 Å². The Bertz CT molecular complexity index is 482. The number of rotatable bonds is 5. The van der Waals surface area contributed by atoms with Crippen LogP contribution in [0.25, 0.3) is 0 Å². The maximum Gasteiger partial charge on any atom is 0.220 e. The zero-order valence-corrected chi connectivity index (χ0v) is 13.4. The van der Waals surface area contributed by atoms with Gasteiger partial charge in [0, 0.05) is 24.0 Å². The molecule has 1 unspecified atom stereocenters. The first-order valence-corrected chi connectivity index (χ1v) is 7.85. The number of benzene rings is 1. The fraction of sp³-hybridized carbons (Fsp3) is 0.438. The van der Waals surface area contributed by atoms with E-state index in [2.05, 4.69) is 51.7 Å². The second kappa shape index (κ2) is 7.60. The smallest absolute Gasteiger partial charge is 0.220 e. The molecule has 3 nitrogen and oxygen atoms in total. The molecule has 1 heterocycles. The van der Waals surface area contributed by atoms with Crippen molar-refractivity contribution in [3.8, 4) is 0 Å². The second-order valence-electron chi connectivity index (χ2n) is 5.25. The van der Waals surface area contributed by atoms with Gasteiger partial charge in [-0.15, -0.1) is 0 Å². The third-order valence-electron chi connectivity index (χ3n) is 3.60. The molecule has 0 radical (unpaired) electrons. The lowest BCUT2D eigenvalue weighted by molar-refractivity contribution is -0.121. The minimum absolute atomic E-state index is 0.125. The van der Waals surface area contributed by atoms with Crippen LogP contribution in [0.1, 0.15) is 31.2 Å². The van der Waals surface area contributed by atoms with Gasteiger partial charge in [0.2, 0.25) is 5.91 Å². The van der Waals surface area contributed by atoms with E-state index in [1.165, 1.54) is 11.1 Å². The Balaban J connectivity index is 1.78. The lowest BCUT2D eigenvalue weighted by Crippen LogP contribution is -2.30. The Hall–Kier alpha value is -1.13. The first-order chi connectivity index (χ1) is 9.65. The fourth-order valence-electron chi connectivity index (χ4n) is 2.30. The van der Waals surface area contributed by atoms with Crippen molar-refractivity contribution in [1.29, 1.82) is 0 Å². The van der Waals surface area contributed by atoms with E-state index in [1.54, 1.807) is 0 Å². The van der Waals surface area contributed by atoms with Crippen molar-refractivity contribution in [3.63, 3.8) is 0 Å². The Labute approximate surface area is 129 Å². The molecular weight excluding hydrogens is 316 g/mol. The Morgan fingerprint density at radius 2 is 2.15 bits per heavy atom. The monoisotopic (exact) mass is 336 g/mol. The highest BCUT2D eigenvalue weighted by molar-refractivity contribution is 9.10. The van der Waals surface area contributed by atoms with Gasteiger partial charge in [-0.3, -0.25) is 4.79 Å². The summed E-state index contributed by atoms with van der Waals surface area (Å²) >= 11 is 3.42. The van der Waals surface area contributed by atoms with Gasteiger partial charge in [0.15, 0.2) is 0 Å². The van der Waals surface area contributed by atoms with Crippen molar-refractivity contribution < 1.29 is 4.79 Å². The van der Waals surface area contributed by atoms with Gasteiger partial charge in [0.25, 0.3) is 0 Å². The molecule has 2 N–H and O–H groups in total. The fourth-order valence-corrected chi connectivity index (χ4v) is 2.57. The summed E-state index contributed by atoms with van der Waals surface area (Å²) in [5.41, 5.74) is 2.53. The van der Waals surface area contributed by atoms with Gasteiger partial charge in [-0.2, -0.15) is 0 Å². The van der Waals surface area contributed by atoms with Crippen LogP contribution < -0.4 is 10.6 Å². The summed E-state index contributed by atoms with van der Waals surface area (Å²) in [6, 6.07) is 8.17. The molecule has 1 aromatic rings. The van der Waals surface area contributed by atoms with E-state index < -0.39 is 0 Å². The molecule has 1 aliphatic heterocycles. The van der Waals surface area contributed by atoms with Crippen LogP contribution in [0.3, 0.4) is 0 Å². The van der Waals surface area contributed by atoms with Gasteiger partial charge >= 0.3 is 0 Å². The summed E-state index contributed by atoms with van der Waals surface area (Å²) in [6.45, 7) is 4.71. The second-order valence-corrected chi connectivity index (χ2v) is 6.17. The first-order valence-electron chi connectivity index (χ1n) is 7.06. The van der Waals surface area contributed by atoms with Crippen molar-refractivity contribution in [3.05, 3.63) is 46.0 Å². The number of amides is 1. The molecule has 0 fully saturated rings. The minimum atomic E-state index is 0.125. The average Bonchev–Trinajstić information content (AvgIpc) is 2.47. The zero-order chi connectivity index (χ0) is 14.4. The van der Waals surface area contributed by atoms with Gasteiger partial charge < -0.3 is 10.6 Å². The van der Waals surface area contributed by atoms with E-state index in [0.717, 1.165) is 24.0 Å². The third-order valence-corrected chi connectivity index (χ3v) is 4.13. The Morgan fingerprint density at radius 1 is 1.40 bits per heavy atom. The maximum absolute atomic E-state index is 12.0. The standard InChI is InChI=1S/C16H21BrN2O/c1-12(14-2-4-15(17)5-3-14)10-16(20)19-11-13-6-8-18-9-7-13/h2-6,12,18H,7-11H2,1H3,(H,19,20). The maximum atomic E-state index is 12.0. The van der Waals surface area contributed by atoms with Crippen LogP contribution in [-0.4, -0.2) is 25.5 Å². The predicted octanol–water partition coefficient (Wildman–Crippen LogP) is 2.98. The minimum Gasteiger partial charge on any atom is -0.352 e. The first kappa shape index (κ1) is 15.3. The molecule has 1 atom stereocenters. The van der Waals surface area contributed by atoms with Gasteiger partial charge in [-0.25, -0.2) is 0 Å². The molecule has 0 saturated heterocycles. The highest BCUT2D eigenvalue weighted by Crippen LogP contribution is 2.21. The lowest BCUT2D eigenvalue weighted by atomic mass is 9.97. The van der Waals surface area contributed by atoms with E-state index in [0.29, 0.717) is 13.0 Å². The molecule has 0 spiro atoms. The predicted molar refractivity (Wildman–Crippen MR) is 85.8 cm³/mol. The summed E-state index contributed by atoms with van der Waals surface area (Å²) in [6.07, 6.45) is 3.73. The van der Waals surface area contributed by atoms with Crippen LogP contribution in [0, 0.1) is 0 Å². The Morgan fingerprint density at radius 3 is 2.80 bits per heavy atom. The number of carbonyl (C=O) groups excluding carboxylic acids is 1. The molecule has 0 saturated carbocycles. The number of carbonyl (C=O) groups is 1. The normalized spacial score (nSPS) is 16.4. The summed E-state index contributed by atoms with van der Waals surface area (Å²) in [5, 5.41) is 6.29. The quantitative estimate of drug-likeness (QED) is 0.811. The molecule has 2 rings (SSSR count). The highest BCUT2D eigenvalue weighted by atomic mass is 79.9. The van der Waals surface area contributed by atoms with E-state index in [1.807, 2.05) is 12.1 Å². The van der Waals surface area contributed by atoms with Crippen LogP contribution in [0.15, 0.2) is 40.4 Å². The van der Waals surface area contributed by atoms with Crippen LogP contribution in [-0.2, 0) is 4.79 Å². The Kier molecular flexibility index (Phi) is 5.80. The van der Waals surface area contributed by atoms with Crippen molar-refractivity contribution in [1.82, 2.24) is 10.6 Å². The molecule has 0 bridgehead atoms. The molecule has 1 aliphatic rings. The van der Waals surface area contributed by atoms with Crippen LogP contribution in [0.5, 0.6) is 0 Å². The molecule has 1 aromatic carbocycles. The lowest BCUT2D eigenvalue weighted by Gasteiger charge is -2.16. The highest BCUT2D eigenvalue weighted by Gasteiger charge is 2.12. The van der Waals surface area contributed by atoms with E-state index >= 15 is 0 Å². The zero-order valence-electron chi connectivity index (χ0n) is 11.8. The third kappa shape index (κ3) is 4.76. The molecule has 0 aromatic heterocycles. The SMILES string of the molecule is CC(CC(=O)NCC1=CCNCC1)c1ccc(Br)cc1. The largest absolute Gasteiger partial charge is 0.352 e. The molecule has 20 heavy (non-hydrogen) atoms. The molecule has 0 aliphatic carbocycles. The molecular formula is C16H21BrN2O.